The Morgan fingerprint density at radius 2 is 2.06 bits per heavy atom. The molecule has 0 spiro atoms. The molecule has 0 fully saturated rings. The molecular weight excluding hydrogens is 254 g/mol. The van der Waals surface area contributed by atoms with Crippen LogP contribution in [0.25, 0.3) is 0 Å². The van der Waals surface area contributed by atoms with E-state index in [1.807, 2.05) is 28.8 Å². The van der Waals surface area contributed by atoms with E-state index in [1.54, 1.807) is 0 Å². The number of aromatic nitrogens is 3. The molecule has 2 aromatic rings. The zero-order chi connectivity index (χ0) is 12.4. The van der Waals surface area contributed by atoms with Crippen LogP contribution in [0.2, 0.25) is 5.02 Å². The van der Waals surface area contributed by atoms with Gasteiger partial charge in [0.25, 0.3) is 0 Å². The molecule has 1 atom stereocenters. The van der Waals surface area contributed by atoms with Gasteiger partial charge in [0, 0.05) is 11.4 Å². The van der Waals surface area contributed by atoms with Gasteiger partial charge in [0.05, 0.1) is 6.04 Å². The lowest BCUT2D eigenvalue weighted by atomic mass is 10.1. The van der Waals surface area contributed by atoms with Crippen molar-refractivity contribution in [2.75, 3.05) is 0 Å². The Morgan fingerprint density at radius 3 is 2.65 bits per heavy atom. The van der Waals surface area contributed by atoms with E-state index in [0.717, 1.165) is 17.3 Å². The average molecular weight is 268 g/mol. The molecule has 1 heterocycles. The summed E-state index contributed by atoms with van der Waals surface area (Å²) in [6.07, 6.45) is 0.852. The van der Waals surface area contributed by atoms with Crippen molar-refractivity contribution in [2.24, 2.45) is 0 Å². The fourth-order valence-corrected chi connectivity index (χ4v) is 2.31. The molecule has 0 bridgehead atoms. The van der Waals surface area contributed by atoms with Gasteiger partial charge < -0.3 is 0 Å². The molecule has 1 aromatic carbocycles. The number of halogens is 1. The number of aryl methyl sites for hydroxylation is 1. The highest BCUT2D eigenvalue weighted by molar-refractivity contribution is 7.71. The van der Waals surface area contributed by atoms with Crippen molar-refractivity contribution in [1.29, 1.82) is 0 Å². The van der Waals surface area contributed by atoms with E-state index in [-0.39, 0.29) is 6.04 Å². The van der Waals surface area contributed by atoms with Crippen LogP contribution >= 0.6 is 23.8 Å². The van der Waals surface area contributed by atoms with Gasteiger partial charge in [-0.2, -0.15) is 5.10 Å². The van der Waals surface area contributed by atoms with Crippen molar-refractivity contribution >= 4 is 23.8 Å². The third kappa shape index (κ3) is 2.42. The van der Waals surface area contributed by atoms with Crippen LogP contribution in [-0.2, 0) is 6.42 Å². The van der Waals surface area contributed by atoms with Crippen molar-refractivity contribution in [3.05, 3.63) is 45.4 Å². The first-order valence-corrected chi connectivity index (χ1v) is 6.33. The standard InChI is InChI=1S/C12H14ClN3S/c1-3-11-14-15-12(17)16(11)8(2)9-4-6-10(13)7-5-9/h4-8H,3H2,1-2H3,(H,15,17). The fraction of sp³-hybridized carbons (Fsp3) is 0.333. The number of nitrogens with one attached hydrogen (secondary N) is 1. The van der Waals surface area contributed by atoms with E-state index in [1.165, 1.54) is 5.56 Å². The molecule has 0 aliphatic carbocycles. The highest BCUT2D eigenvalue weighted by atomic mass is 35.5. The second-order valence-corrected chi connectivity index (χ2v) is 4.72. The minimum absolute atomic E-state index is 0.161. The van der Waals surface area contributed by atoms with Crippen LogP contribution in [0, 0.1) is 4.77 Å². The minimum Gasteiger partial charge on any atom is -0.297 e. The molecule has 5 heteroatoms. The van der Waals surface area contributed by atoms with Crippen LogP contribution in [0.5, 0.6) is 0 Å². The van der Waals surface area contributed by atoms with Crippen molar-refractivity contribution in [2.45, 2.75) is 26.3 Å². The molecule has 0 aliphatic heterocycles. The van der Waals surface area contributed by atoms with E-state index in [2.05, 4.69) is 24.0 Å². The molecule has 0 amide bonds. The number of H-pyrrole nitrogens is 1. The van der Waals surface area contributed by atoms with Gasteiger partial charge in [0.2, 0.25) is 0 Å². The monoisotopic (exact) mass is 267 g/mol. The van der Waals surface area contributed by atoms with Gasteiger partial charge in [-0.1, -0.05) is 30.7 Å². The van der Waals surface area contributed by atoms with Gasteiger partial charge in [-0.15, -0.1) is 0 Å². The highest BCUT2D eigenvalue weighted by Crippen LogP contribution is 2.21. The number of benzene rings is 1. The number of rotatable bonds is 3. The number of hydrogen-bond acceptors (Lipinski definition) is 2. The summed E-state index contributed by atoms with van der Waals surface area (Å²) in [5.41, 5.74) is 1.17. The third-order valence-electron chi connectivity index (χ3n) is 2.83. The van der Waals surface area contributed by atoms with Crippen LogP contribution in [0.1, 0.15) is 31.3 Å². The van der Waals surface area contributed by atoms with E-state index in [9.17, 15) is 0 Å². The van der Waals surface area contributed by atoms with E-state index >= 15 is 0 Å². The molecule has 0 saturated heterocycles. The van der Waals surface area contributed by atoms with Gasteiger partial charge in [-0.3, -0.25) is 9.67 Å². The lowest BCUT2D eigenvalue weighted by Gasteiger charge is -2.15. The summed E-state index contributed by atoms with van der Waals surface area (Å²) in [5.74, 6) is 0.970. The van der Waals surface area contributed by atoms with Crippen LogP contribution in [0.15, 0.2) is 24.3 Å². The summed E-state index contributed by atoms with van der Waals surface area (Å²) in [4.78, 5) is 0. The van der Waals surface area contributed by atoms with Crippen LogP contribution < -0.4 is 0 Å². The number of hydrogen-bond donors (Lipinski definition) is 1. The van der Waals surface area contributed by atoms with Gasteiger partial charge in [0.15, 0.2) is 4.77 Å². The molecule has 1 N–H and O–H groups in total. The fourth-order valence-electron chi connectivity index (χ4n) is 1.88. The first-order valence-electron chi connectivity index (χ1n) is 5.54. The first-order chi connectivity index (χ1) is 8.13. The summed E-state index contributed by atoms with van der Waals surface area (Å²) in [6, 6.07) is 7.97. The Kier molecular flexibility index (Phi) is 3.64. The minimum atomic E-state index is 0.161. The number of nitrogens with zero attached hydrogens (tertiary/aromatic N) is 2. The predicted octanol–water partition coefficient (Wildman–Crippen LogP) is 3.77. The maximum Gasteiger partial charge on any atom is 0.195 e. The second-order valence-electron chi connectivity index (χ2n) is 3.90. The zero-order valence-corrected chi connectivity index (χ0v) is 11.3. The molecule has 0 radical (unpaired) electrons. The Labute approximate surface area is 110 Å². The topological polar surface area (TPSA) is 33.6 Å². The van der Waals surface area contributed by atoms with Crippen molar-refractivity contribution in [1.82, 2.24) is 14.8 Å². The summed E-state index contributed by atoms with van der Waals surface area (Å²) in [6.45, 7) is 4.17. The van der Waals surface area contributed by atoms with E-state index in [0.29, 0.717) is 4.77 Å². The molecule has 17 heavy (non-hydrogen) atoms. The zero-order valence-electron chi connectivity index (χ0n) is 9.77. The Hall–Kier alpha value is -1.13. The lowest BCUT2D eigenvalue weighted by molar-refractivity contribution is 0.598. The molecule has 3 nitrogen and oxygen atoms in total. The molecular formula is C12H14ClN3S. The van der Waals surface area contributed by atoms with Gasteiger partial charge in [-0.05, 0) is 36.8 Å². The van der Waals surface area contributed by atoms with Gasteiger partial charge in [-0.25, -0.2) is 0 Å². The van der Waals surface area contributed by atoms with Crippen molar-refractivity contribution in [3.63, 3.8) is 0 Å². The summed E-state index contributed by atoms with van der Waals surface area (Å²) < 4.78 is 2.70. The molecule has 90 valence electrons. The Balaban J connectivity index is 2.43. The highest BCUT2D eigenvalue weighted by Gasteiger charge is 2.13. The van der Waals surface area contributed by atoms with E-state index in [4.69, 9.17) is 23.8 Å². The molecule has 2 rings (SSSR count). The first kappa shape index (κ1) is 12.3. The quantitative estimate of drug-likeness (QED) is 0.859. The molecule has 1 unspecified atom stereocenters. The lowest BCUT2D eigenvalue weighted by Crippen LogP contribution is -2.10. The third-order valence-corrected chi connectivity index (χ3v) is 3.37. The summed E-state index contributed by atoms with van der Waals surface area (Å²) >= 11 is 11.1. The number of aromatic amines is 1. The van der Waals surface area contributed by atoms with Gasteiger partial charge in [0.1, 0.15) is 5.82 Å². The van der Waals surface area contributed by atoms with Gasteiger partial charge >= 0.3 is 0 Å². The Bertz CT molecular complexity index is 556. The maximum atomic E-state index is 5.89. The predicted molar refractivity (Wildman–Crippen MR) is 72.1 cm³/mol. The SMILES string of the molecule is CCc1n[nH]c(=S)n1C(C)c1ccc(Cl)cc1. The maximum absolute atomic E-state index is 5.89. The Morgan fingerprint density at radius 1 is 1.41 bits per heavy atom. The average Bonchev–Trinajstić information content (AvgIpc) is 2.70. The van der Waals surface area contributed by atoms with Crippen LogP contribution in [0.4, 0.5) is 0 Å². The largest absolute Gasteiger partial charge is 0.297 e. The van der Waals surface area contributed by atoms with Crippen LogP contribution in [0.3, 0.4) is 0 Å². The van der Waals surface area contributed by atoms with Crippen LogP contribution in [-0.4, -0.2) is 14.8 Å². The van der Waals surface area contributed by atoms with Crippen molar-refractivity contribution < 1.29 is 0 Å². The molecule has 0 aliphatic rings. The van der Waals surface area contributed by atoms with E-state index < -0.39 is 0 Å². The molecule has 1 aromatic heterocycles. The van der Waals surface area contributed by atoms with Crippen molar-refractivity contribution in [3.8, 4) is 0 Å². The normalized spacial score (nSPS) is 12.6. The summed E-state index contributed by atoms with van der Waals surface area (Å²) in [5, 5.41) is 7.80. The molecule has 0 saturated carbocycles. The summed E-state index contributed by atoms with van der Waals surface area (Å²) in [7, 11) is 0. The smallest absolute Gasteiger partial charge is 0.195 e. The second kappa shape index (κ2) is 5.02.